The number of benzene rings is 1. The third-order valence-electron chi connectivity index (χ3n) is 3.76. The predicted molar refractivity (Wildman–Crippen MR) is 94.8 cm³/mol. The molecule has 0 aliphatic heterocycles. The van der Waals surface area contributed by atoms with Crippen LogP contribution < -0.4 is 5.32 Å². The van der Waals surface area contributed by atoms with Gasteiger partial charge < -0.3 is 5.32 Å². The van der Waals surface area contributed by atoms with Gasteiger partial charge in [-0.3, -0.25) is 4.79 Å². The molecule has 0 bridgehead atoms. The number of nitrogens with one attached hydrogen (secondary N) is 1. The Balaban J connectivity index is 1.80. The van der Waals surface area contributed by atoms with Crippen molar-refractivity contribution in [3.63, 3.8) is 0 Å². The third-order valence-corrected chi connectivity index (χ3v) is 4.31. The van der Waals surface area contributed by atoms with E-state index in [1.54, 1.807) is 0 Å². The van der Waals surface area contributed by atoms with Gasteiger partial charge in [-0.15, -0.1) is 0 Å². The fourth-order valence-electron chi connectivity index (χ4n) is 2.48. The molecule has 1 N–H and O–H groups in total. The van der Waals surface area contributed by atoms with E-state index in [4.69, 9.17) is 0 Å². The van der Waals surface area contributed by atoms with Crippen molar-refractivity contribution < 1.29 is 4.79 Å². The molecule has 2 rings (SSSR count). The number of hydrogen-bond acceptors (Lipinski definition) is 4. The maximum Gasteiger partial charge on any atom is 0.220 e. The Bertz CT molecular complexity index is 636. The van der Waals surface area contributed by atoms with E-state index < -0.39 is 0 Å². The van der Waals surface area contributed by atoms with Gasteiger partial charge in [0.15, 0.2) is 5.16 Å². The molecular weight excluding hydrogens is 306 g/mol. The first kappa shape index (κ1) is 17.5. The van der Waals surface area contributed by atoms with Gasteiger partial charge in [0.05, 0.1) is 0 Å². The summed E-state index contributed by atoms with van der Waals surface area (Å²) in [6.45, 7) is 4.64. The van der Waals surface area contributed by atoms with Crippen molar-refractivity contribution in [2.45, 2.75) is 38.3 Å². The van der Waals surface area contributed by atoms with Crippen LogP contribution in [0.4, 0.5) is 0 Å². The summed E-state index contributed by atoms with van der Waals surface area (Å²) >= 11 is 1.54. The summed E-state index contributed by atoms with van der Waals surface area (Å²) in [4.78, 5) is 20.9. The van der Waals surface area contributed by atoms with E-state index >= 15 is 0 Å². The molecule has 1 aromatic carbocycles. The summed E-state index contributed by atoms with van der Waals surface area (Å²) in [5, 5.41) is 3.77. The van der Waals surface area contributed by atoms with E-state index in [1.165, 1.54) is 17.3 Å². The van der Waals surface area contributed by atoms with Gasteiger partial charge >= 0.3 is 0 Å². The Morgan fingerprint density at radius 1 is 1.09 bits per heavy atom. The zero-order valence-corrected chi connectivity index (χ0v) is 14.7. The SMILES string of the molecule is CSc1nc(C)c(CCC(=O)NCCc2ccccc2)c(C)n1. The zero-order valence-electron chi connectivity index (χ0n) is 13.9. The zero-order chi connectivity index (χ0) is 16.7. The molecule has 0 unspecified atom stereocenters. The molecule has 5 heteroatoms. The Kier molecular flexibility index (Phi) is 6.59. The van der Waals surface area contributed by atoms with Gasteiger partial charge in [0.25, 0.3) is 0 Å². The second kappa shape index (κ2) is 8.67. The van der Waals surface area contributed by atoms with Crippen molar-refractivity contribution in [1.82, 2.24) is 15.3 Å². The van der Waals surface area contributed by atoms with E-state index in [0.29, 0.717) is 19.4 Å². The lowest BCUT2D eigenvalue weighted by Crippen LogP contribution is -2.26. The molecule has 23 heavy (non-hydrogen) atoms. The standard InChI is InChI=1S/C18H23N3OS/c1-13-16(14(2)21-18(20-13)23-3)9-10-17(22)19-12-11-15-7-5-4-6-8-15/h4-8H,9-12H2,1-3H3,(H,19,22). The lowest BCUT2D eigenvalue weighted by atomic mass is 10.1. The molecule has 1 aromatic heterocycles. The maximum absolute atomic E-state index is 12.0. The molecule has 0 aliphatic carbocycles. The summed E-state index contributed by atoms with van der Waals surface area (Å²) in [6, 6.07) is 10.2. The van der Waals surface area contributed by atoms with Gasteiger partial charge in [-0.05, 0) is 44.1 Å². The number of amides is 1. The largest absolute Gasteiger partial charge is 0.356 e. The minimum Gasteiger partial charge on any atom is -0.356 e. The number of aromatic nitrogens is 2. The van der Waals surface area contributed by atoms with Crippen LogP contribution in [-0.4, -0.2) is 28.7 Å². The Labute approximate surface area is 142 Å². The first-order valence-electron chi connectivity index (χ1n) is 7.79. The number of thioether (sulfide) groups is 1. The number of nitrogens with zero attached hydrogens (tertiary/aromatic N) is 2. The quantitative estimate of drug-likeness (QED) is 0.626. The Morgan fingerprint density at radius 3 is 2.35 bits per heavy atom. The van der Waals surface area contributed by atoms with Gasteiger partial charge in [-0.1, -0.05) is 42.1 Å². The van der Waals surface area contributed by atoms with E-state index in [0.717, 1.165) is 28.5 Å². The van der Waals surface area contributed by atoms with E-state index in [9.17, 15) is 4.79 Å². The van der Waals surface area contributed by atoms with Crippen molar-refractivity contribution >= 4 is 17.7 Å². The highest BCUT2D eigenvalue weighted by molar-refractivity contribution is 7.98. The second-order valence-electron chi connectivity index (χ2n) is 5.45. The molecule has 0 saturated heterocycles. The fourth-order valence-corrected chi connectivity index (χ4v) is 2.94. The van der Waals surface area contributed by atoms with E-state index in [-0.39, 0.29) is 5.91 Å². The Morgan fingerprint density at radius 2 is 1.74 bits per heavy atom. The van der Waals surface area contributed by atoms with E-state index in [2.05, 4.69) is 27.4 Å². The van der Waals surface area contributed by atoms with Gasteiger partial charge in [-0.25, -0.2) is 9.97 Å². The number of carbonyl (C=O) groups is 1. The fraction of sp³-hybridized carbons (Fsp3) is 0.389. The molecular formula is C18H23N3OS. The van der Waals surface area contributed by atoms with Gasteiger partial charge in [0.1, 0.15) is 0 Å². The highest BCUT2D eigenvalue weighted by Gasteiger charge is 2.10. The number of aryl methyl sites for hydroxylation is 2. The molecule has 0 spiro atoms. The molecule has 122 valence electrons. The first-order valence-corrected chi connectivity index (χ1v) is 9.01. The number of hydrogen-bond donors (Lipinski definition) is 1. The molecule has 0 radical (unpaired) electrons. The second-order valence-corrected chi connectivity index (χ2v) is 6.22. The lowest BCUT2D eigenvalue weighted by molar-refractivity contribution is -0.121. The molecule has 4 nitrogen and oxygen atoms in total. The average molecular weight is 329 g/mol. The van der Waals surface area contributed by atoms with Gasteiger partial charge in [0.2, 0.25) is 5.91 Å². The van der Waals surface area contributed by atoms with Crippen molar-refractivity contribution in [3.05, 3.63) is 52.8 Å². The number of carbonyl (C=O) groups excluding carboxylic acids is 1. The molecule has 2 aromatic rings. The highest BCUT2D eigenvalue weighted by atomic mass is 32.2. The monoisotopic (exact) mass is 329 g/mol. The van der Waals surface area contributed by atoms with Crippen LogP contribution in [0.25, 0.3) is 0 Å². The highest BCUT2D eigenvalue weighted by Crippen LogP contribution is 2.17. The summed E-state index contributed by atoms with van der Waals surface area (Å²) in [7, 11) is 0. The van der Waals surface area contributed by atoms with Crippen LogP contribution in [-0.2, 0) is 17.6 Å². The topological polar surface area (TPSA) is 54.9 Å². The summed E-state index contributed by atoms with van der Waals surface area (Å²) in [5.74, 6) is 0.0775. The van der Waals surface area contributed by atoms with E-state index in [1.807, 2.05) is 38.3 Å². The van der Waals surface area contributed by atoms with Crippen molar-refractivity contribution in [1.29, 1.82) is 0 Å². The van der Waals surface area contributed by atoms with Crippen LogP contribution in [0.3, 0.4) is 0 Å². The van der Waals surface area contributed by atoms with Crippen LogP contribution in [0.15, 0.2) is 35.5 Å². The first-order chi connectivity index (χ1) is 11.1. The minimum absolute atomic E-state index is 0.0775. The molecule has 0 fully saturated rings. The Hall–Kier alpha value is -1.88. The van der Waals surface area contributed by atoms with Crippen molar-refractivity contribution in [2.75, 3.05) is 12.8 Å². The van der Waals surface area contributed by atoms with Gasteiger partial charge in [0, 0.05) is 24.4 Å². The minimum atomic E-state index is 0.0775. The van der Waals surface area contributed by atoms with Crippen LogP contribution >= 0.6 is 11.8 Å². The average Bonchev–Trinajstić information content (AvgIpc) is 2.54. The van der Waals surface area contributed by atoms with Crippen LogP contribution in [0.5, 0.6) is 0 Å². The molecule has 0 saturated carbocycles. The smallest absolute Gasteiger partial charge is 0.220 e. The van der Waals surface area contributed by atoms with Gasteiger partial charge in [-0.2, -0.15) is 0 Å². The van der Waals surface area contributed by atoms with Crippen LogP contribution in [0, 0.1) is 13.8 Å². The molecule has 0 aliphatic rings. The number of rotatable bonds is 7. The maximum atomic E-state index is 12.0. The normalized spacial score (nSPS) is 10.6. The molecule has 1 amide bonds. The summed E-state index contributed by atoms with van der Waals surface area (Å²) < 4.78 is 0. The lowest BCUT2D eigenvalue weighted by Gasteiger charge is -2.10. The predicted octanol–water partition coefficient (Wildman–Crippen LogP) is 3.11. The van der Waals surface area contributed by atoms with Crippen LogP contribution in [0.1, 0.15) is 28.9 Å². The summed E-state index contributed by atoms with van der Waals surface area (Å²) in [6.07, 6.45) is 3.98. The third kappa shape index (κ3) is 5.36. The molecule has 0 atom stereocenters. The van der Waals surface area contributed by atoms with Crippen molar-refractivity contribution in [3.8, 4) is 0 Å². The summed E-state index contributed by atoms with van der Waals surface area (Å²) in [5.41, 5.74) is 4.26. The van der Waals surface area contributed by atoms with Crippen LogP contribution in [0.2, 0.25) is 0 Å². The van der Waals surface area contributed by atoms with Crippen molar-refractivity contribution in [2.24, 2.45) is 0 Å². The molecule has 1 heterocycles.